The van der Waals surface area contributed by atoms with E-state index in [0.29, 0.717) is 6.04 Å². The Hall–Kier alpha value is -0.570. The molecule has 3 heteroatoms. The van der Waals surface area contributed by atoms with Crippen molar-refractivity contribution in [1.82, 2.24) is 10.2 Å². The number of likely N-dealkylation sites (N-methyl/N-ethyl adjacent to an activating group) is 1. The summed E-state index contributed by atoms with van der Waals surface area (Å²) < 4.78 is 0. The van der Waals surface area contributed by atoms with Gasteiger partial charge in [0.25, 0.3) is 0 Å². The van der Waals surface area contributed by atoms with Crippen LogP contribution in [0.5, 0.6) is 0 Å². The van der Waals surface area contributed by atoms with Crippen molar-refractivity contribution in [3.05, 3.63) is 34.9 Å². The normalized spacial score (nSPS) is 18.7. The van der Waals surface area contributed by atoms with Crippen molar-refractivity contribution in [1.29, 1.82) is 0 Å². The number of nitrogens with one attached hydrogen (secondary N) is 1. The first kappa shape index (κ1) is 16.8. The van der Waals surface area contributed by atoms with Gasteiger partial charge in [0.1, 0.15) is 0 Å². The lowest BCUT2D eigenvalue weighted by Gasteiger charge is -2.26. The van der Waals surface area contributed by atoms with Gasteiger partial charge in [-0.3, -0.25) is 4.90 Å². The van der Waals surface area contributed by atoms with Crippen molar-refractivity contribution in [3.8, 4) is 0 Å². The van der Waals surface area contributed by atoms with E-state index in [4.69, 9.17) is 11.6 Å². The highest BCUT2D eigenvalue weighted by atomic mass is 35.5. The maximum Gasteiger partial charge on any atom is 0.0406 e. The number of rotatable bonds is 6. The van der Waals surface area contributed by atoms with E-state index in [0.717, 1.165) is 24.2 Å². The standard InChI is InChI=1S/C18H29ClN2/c1-15(16-9-11-17(19)12-10-16)21(2)14-13-20-18-7-5-3-4-6-8-18/h9-12,15,18,20H,3-8,13-14H2,1-2H3. The van der Waals surface area contributed by atoms with Crippen LogP contribution in [-0.2, 0) is 0 Å². The molecule has 1 fully saturated rings. The first-order valence-electron chi connectivity index (χ1n) is 8.36. The number of nitrogens with zero attached hydrogens (tertiary/aromatic N) is 1. The minimum atomic E-state index is 0.429. The van der Waals surface area contributed by atoms with Crippen molar-refractivity contribution in [2.24, 2.45) is 0 Å². The molecule has 1 atom stereocenters. The molecule has 1 aromatic rings. The molecule has 0 bridgehead atoms. The van der Waals surface area contributed by atoms with Gasteiger partial charge in [-0.05, 0) is 44.5 Å². The largest absolute Gasteiger partial charge is 0.313 e. The lowest BCUT2D eigenvalue weighted by atomic mass is 10.1. The van der Waals surface area contributed by atoms with Gasteiger partial charge in [-0.15, -0.1) is 0 Å². The molecule has 1 N–H and O–H groups in total. The molecule has 0 aromatic heterocycles. The molecule has 0 amide bonds. The Bertz CT molecular complexity index is 396. The summed E-state index contributed by atoms with van der Waals surface area (Å²) in [6, 6.07) is 9.38. The van der Waals surface area contributed by atoms with Gasteiger partial charge in [0.15, 0.2) is 0 Å². The maximum atomic E-state index is 5.96. The molecule has 1 unspecified atom stereocenters. The second kappa shape index (κ2) is 8.77. The zero-order chi connectivity index (χ0) is 15.1. The Balaban J connectivity index is 1.73. The third-order valence-corrected chi connectivity index (χ3v) is 5.02. The quantitative estimate of drug-likeness (QED) is 0.770. The van der Waals surface area contributed by atoms with E-state index < -0.39 is 0 Å². The van der Waals surface area contributed by atoms with E-state index in [-0.39, 0.29) is 0 Å². The lowest BCUT2D eigenvalue weighted by molar-refractivity contribution is 0.255. The van der Waals surface area contributed by atoms with Crippen LogP contribution in [0.25, 0.3) is 0 Å². The zero-order valence-electron chi connectivity index (χ0n) is 13.4. The average molecular weight is 309 g/mol. The van der Waals surface area contributed by atoms with Crippen LogP contribution in [0.2, 0.25) is 5.02 Å². The molecule has 2 rings (SSSR count). The van der Waals surface area contributed by atoms with E-state index in [1.54, 1.807) is 0 Å². The Morgan fingerprint density at radius 2 is 1.76 bits per heavy atom. The molecular weight excluding hydrogens is 280 g/mol. The number of hydrogen-bond donors (Lipinski definition) is 1. The molecule has 0 saturated heterocycles. The first-order valence-corrected chi connectivity index (χ1v) is 8.73. The van der Waals surface area contributed by atoms with Gasteiger partial charge in [-0.1, -0.05) is 49.4 Å². The smallest absolute Gasteiger partial charge is 0.0406 e. The second-order valence-electron chi connectivity index (χ2n) is 6.35. The fraction of sp³-hybridized carbons (Fsp3) is 0.667. The van der Waals surface area contributed by atoms with Gasteiger partial charge in [0.05, 0.1) is 0 Å². The van der Waals surface area contributed by atoms with E-state index in [2.05, 4.69) is 36.3 Å². The van der Waals surface area contributed by atoms with Gasteiger partial charge in [0.2, 0.25) is 0 Å². The highest BCUT2D eigenvalue weighted by Crippen LogP contribution is 2.20. The van der Waals surface area contributed by atoms with Gasteiger partial charge in [-0.25, -0.2) is 0 Å². The number of benzene rings is 1. The van der Waals surface area contributed by atoms with Crippen LogP contribution < -0.4 is 5.32 Å². The van der Waals surface area contributed by atoms with Crippen molar-refractivity contribution in [2.45, 2.75) is 57.5 Å². The lowest BCUT2D eigenvalue weighted by Crippen LogP contribution is -2.36. The van der Waals surface area contributed by atoms with Gasteiger partial charge >= 0.3 is 0 Å². The second-order valence-corrected chi connectivity index (χ2v) is 6.79. The summed E-state index contributed by atoms with van der Waals surface area (Å²) in [6.45, 7) is 4.42. The summed E-state index contributed by atoms with van der Waals surface area (Å²) in [5.74, 6) is 0. The zero-order valence-corrected chi connectivity index (χ0v) is 14.2. The predicted octanol–water partition coefficient (Wildman–Crippen LogP) is 4.65. The minimum Gasteiger partial charge on any atom is -0.313 e. The molecule has 1 aliphatic carbocycles. The van der Waals surface area contributed by atoms with Crippen LogP contribution in [-0.4, -0.2) is 31.1 Å². The van der Waals surface area contributed by atoms with Crippen molar-refractivity contribution < 1.29 is 0 Å². The van der Waals surface area contributed by atoms with E-state index in [9.17, 15) is 0 Å². The van der Waals surface area contributed by atoms with Crippen molar-refractivity contribution >= 4 is 11.6 Å². The van der Waals surface area contributed by atoms with Crippen LogP contribution in [0, 0.1) is 0 Å². The molecule has 0 spiro atoms. The van der Waals surface area contributed by atoms with Crippen LogP contribution in [0.15, 0.2) is 24.3 Å². The summed E-state index contributed by atoms with van der Waals surface area (Å²) in [7, 11) is 2.20. The first-order chi connectivity index (χ1) is 10.2. The fourth-order valence-corrected chi connectivity index (χ4v) is 3.24. The molecule has 2 nitrogen and oxygen atoms in total. The molecule has 1 aliphatic rings. The molecule has 118 valence electrons. The Morgan fingerprint density at radius 3 is 2.38 bits per heavy atom. The van der Waals surface area contributed by atoms with Crippen molar-refractivity contribution in [3.63, 3.8) is 0 Å². The summed E-state index contributed by atoms with van der Waals surface area (Å²) in [5.41, 5.74) is 1.33. The van der Waals surface area contributed by atoms with E-state index >= 15 is 0 Å². The van der Waals surface area contributed by atoms with Crippen molar-refractivity contribution in [2.75, 3.05) is 20.1 Å². The molecule has 1 saturated carbocycles. The van der Waals surface area contributed by atoms with Crippen LogP contribution >= 0.6 is 11.6 Å². The van der Waals surface area contributed by atoms with Gasteiger partial charge < -0.3 is 5.32 Å². The van der Waals surface area contributed by atoms with E-state index in [1.165, 1.54) is 44.1 Å². The Morgan fingerprint density at radius 1 is 1.14 bits per heavy atom. The predicted molar refractivity (Wildman–Crippen MR) is 92.0 cm³/mol. The number of hydrogen-bond acceptors (Lipinski definition) is 2. The summed E-state index contributed by atoms with van der Waals surface area (Å²) >= 11 is 5.96. The summed E-state index contributed by atoms with van der Waals surface area (Å²) in [5, 5.41) is 4.55. The Labute approximate surface area is 134 Å². The number of halogens is 1. The molecule has 1 aromatic carbocycles. The topological polar surface area (TPSA) is 15.3 Å². The van der Waals surface area contributed by atoms with Gasteiger partial charge in [-0.2, -0.15) is 0 Å². The van der Waals surface area contributed by atoms with E-state index in [1.807, 2.05) is 12.1 Å². The summed E-state index contributed by atoms with van der Waals surface area (Å²) in [4.78, 5) is 2.41. The third kappa shape index (κ3) is 5.61. The molecule has 0 radical (unpaired) electrons. The Kier molecular flexibility index (Phi) is 7.01. The highest BCUT2D eigenvalue weighted by molar-refractivity contribution is 6.30. The molecule has 0 heterocycles. The molecule has 21 heavy (non-hydrogen) atoms. The average Bonchev–Trinajstić information content (AvgIpc) is 2.76. The van der Waals surface area contributed by atoms with Crippen LogP contribution in [0.3, 0.4) is 0 Å². The van der Waals surface area contributed by atoms with Crippen LogP contribution in [0.4, 0.5) is 0 Å². The molecular formula is C18H29ClN2. The minimum absolute atomic E-state index is 0.429. The maximum absolute atomic E-state index is 5.96. The van der Waals surface area contributed by atoms with Gasteiger partial charge in [0, 0.05) is 30.2 Å². The summed E-state index contributed by atoms with van der Waals surface area (Å²) in [6.07, 6.45) is 8.35. The third-order valence-electron chi connectivity index (χ3n) is 4.77. The molecule has 0 aliphatic heterocycles. The fourth-order valence-electron chi connectivity index (χ4n) is 3.12. The SMILES string of the molecule is CC(c1ccc(Cl)cc1)N(C)CCNC1CCCCCC1. The highest BCUT2D eigenvalue weighted by Gasteiger charge is 2.14. The monoisotopic (exact) mass is 308 g/mol. The van der Waals surface area contributed by atoms with Crippen LogP contribution in [0.1, 0.15) is 57.1 Å².